The van der Waals surface area contributed by atoms with Gasteiger partial charge >= 0.3 is 6.16 Å². The average Bonchev–Trinajstić information content (AvgIpc) is 2.26. The molecule has 0 radical (unpaired) electrons. The summed E-state index contributed by atoms with van der Waals surface area (Å²) in [7, 11) is 0. The Balaban J connectivity index is 2.48. The zero-order valence-electron chi connectivity index (χ0n) is 10.9. The molecule has 0 aromatic rings. The standard InChI is InChI=1S/C13H23ClO3/c1-9(2)11-5-4-10(3)8-12(11)17-13(15)16-7-6-14/h9-12H,4-8H2,1-3H3/t10-,11+,12-/m1/s1. The SMILES string of the molecule is CC(C)[C@@H]1CC[C@@H](C)C[C@H]1OC(=O)OCCCl. The van der Waals surface area contributed by atoms with E-state index in [0.717, 1.165) is 12.8 Å². The molecule has 17 heavy (non-hydrogen) atoms. The van der Waals surface area contributed by atoms with Crippen LogP contribution in [0.5, 0.6) is 0 Å². The quantitative estimate of drug-likeness (QED) is 0.570. The van der Waals surface area contributed by atoms with Crippen molar-refractivity contribution in [3.05, 3.63) is 0 Å². The predicted octanol–water partition coefficient (Wildman–Crippen LogP) is 3.84. The van der Waals surface area contributed by atoms with E-state index in [1.54, 1.807) is 0 Å². The van der Waals surface area contributed by atoms with Gasteiger partial charge in [-0.1, -0.05) is 27.2 Å². The van der Waals surface area contributed by atoms with Gasteiger partial charge in [-0.2, -0.15) is 0 Å². The van der Waals surface area contributed by atoms with Crippen LogP contribution in [-0.4, -0.2) is 24.7 Å². The molecular formula is C13H23ClO3. The molecule has 0 heterocycles. The predicted molar refractivity (Wildman–Crippen MR) is 68.3 cm³/mol. The molecular weight excluding hydrogens is 240 g/mol. The van der Waals surface area contributed by atoms with Crippen LogP contribution >= 0.6 is 11.6 Å². The van der Waals surface area contributed by atoms with Gasteiger partial charge in [0.15, 0.2) is 0 Å². The highest BCUT2D eigenvalue weighted by Gasteiger charge is 2.33. The van der Waals surface area contributed by atoms with E-state index < -0.39 is 6.16 Å². The highest BCUT2D eigenvalue weighted by Crippen LogP contribution is 2.35. The summed E-state index contributed by atoms with van der Waals surface area (Å²) in [4.78, 5) is 11.4. The van der Waals surface area contributed by atoms with Gasteiger partial charge in [0.05, 0.1) is 5.88 Å². The molecule has 3 atom stereocenters. The normalized spacial score (nSPS) is 29.1. The Bertz CT molecular complexity index is 243. The molecule has 0 N–H and O–H groups in total. The number of hydrogen-bond acceptors (Lipinski definition) is 3. The molecule has 0 spiro atoms. The maximum Gasteiger partial charge on any atom is 0.508 e. The first-order chi connectivity index (χ1) is 8.04. The number of ether oxygens (including phenoxy) is 2. The molecule has 1 fully saturated rings. The van der Waals surface area contributed by atoms with Gasteiger partial charge in [0.25, 0.3) is 0 Å². The third kappa shape index (κ3) is 4.74. The zero-order chi connectivity index (χ0) is 12.8. The maximum absolute atomic E-state index is 11.4. The molecule has 1 rings (SSSR count). The second-order valence-electron chi connectivity index (χ2n) is 5.27. The lowest BCUT2D eigenvalue weighted by atomic mass is 9.75. The van der Waals surface area contributed by atoms with Gasteiger partial charge in [-0.25, -0.2) is 4.79 Å². The zero-order valence-corrected chi connectivity index (χ0v) is 11.7. The third-order valence-electron chi connectivity index (χ3n) is 3.51. The molecule has 1 saturated carbocycles. The van der Waals surface area contributed by atoms with Crippen molar-refractivity contribution in [3.63, 3.8) is 0 Å². The van der Waals surface area contributed by atoms with Gasteiger partial charge in [-0.15, -0.1) is 11.6 Å². The number of carbonyl (C=O) groups excluding carboxylic acids is 1. The second-order valence-corrected chi connectivity index (χ2v) is 5.65. The van der Waals surface area contributed by atoms with Crippen LogP contribution in [0.1, 0.15) is 40.0 Å². The van der Waals surface area contributed by atoms with Crippen LogP contribution in [0.3, 0.4) is 0 Å². The summed E-state index contributed by atoms with van der Waals surface area (Å²) in [6, 6.07) is 0. The Kier molecular flexibility index (Phi) is 6.10. The first kappa shape index (κ1) is 14.6. The van der Waals surface area contributed by atoms with Crippen molar-refractivity contribution in [1.29, 1.82) is 0 Å². The second kappa shape index (κ2) is 7.10. The van der Waals surface area contributed by atoms with Crippen LogP contribution in [0.25, 0.3) is 0 Å². The van der Waals surface area contributed by atoms with Crippen LogP contribution < -0.4 is 0 Å². The molecule has 0 saturated heterocycles. The molecule has 4 heteroatoms. The fourth-order valence-corrected chi connectivity index (χ4v) is 2.61. The maximum atomic E-state index is 11.4. The molecule has 0 aromatic carbocycles. The van der Waals surface area contributed by atoms with E-state index in [-0.39, 0.29) is 12.7 Å². The Labute approximate surface area is 109 Å². The molecule has 3 nitrogen and oxygen atoms in total. The minimum absolute atomic E-state index is 0.00146. The van der Waals surface area contributed by atoms with Gasteiger partial charge in [0.2, 0.25) is 0 Å². The average molecular weight is 263 g/mol. The van der Waals surface area contributed by atoms with Crippen LogP contribution in [0.15, 0.2) is 0 Å². The molecule has 100 valence electrons. The summed E-state index contributed by atoms with van der Waals surface area (Å²) in [5.41, 5.74) is 0. The fraction of sp³-hybridized carbons (Fsp3) is 0.923. The van der Waals surface area contributed by atoms with E-state index in [9.17, 15) is 4.79 Å². The van der Waals surface area contributed by atoms with E-state index in [0.29, 0.717) is 23.6 Å². The lowest BCUT2D eigenvalue weighted by Crippen LogP contribution is -2.36. The lowest BCUT2D eigenvalue weighted by molar-refractivity contribution is -0.0301. The molecule has 1 aliphatic rings. The molecule has 0 amide bonds. The van der Waals surface area contributed by atoms with Crippen molar-refractivity contribution >= 4 is 17.8 Å². The molecule has 0 aromatic heterocycles. The molecule has 0 unspecified atom stereocenters. The fourth-order valence-electron chi connectivity index (χ4n) is 2.53. The summed E-state index contributed by atoms with van der Waals surface area (Å²) < 4.78 is 10.3. The van der Waals surface area contributed by atoms with Crippen molar-refractivity contribution in [3.8, 4) is 0 Å². The summed E-state index contributed by atoms with van der Waals surface area (Å²) in [6.07, 6.45) is 2.72. The monoisotopic (exact) mass is 262 g/mol. The first-order valence-corrected chi connectivity index (χ1v) is 6.97. The van der Waals surface area contributed by atoms with E-state index in [1.807, 2.05) is 0 Å². The van der Waals surface area contributed by atoms with Crippen LogP contribution in [0, 0.1) is 17.8 Å². The molecule has 0 bridgehead atoms. The van der Waals surface area contributed by atoms with E-state index in [1.165, 1.54) is 6.42 Å². The van der Waals surface area contributed by atoms with Crippen LogP contribution in [0.2, 0.25) is 0 Å². The van der Waals surface area contributed by atoms with Gasteiger partial charge in [-0.3, -0.25) is 0 Å². The number of rotatable bonds is 4. The largest absolute Gasteiger partial charge is 0.508 e. The minimum atomic E-state index is -0.574. The summed E-state index contributed by atoms with van der Waals surface area (Å²) in [5, 5.41) is 0. The van der Waals surface area contributed by atoms with Gasteiger partial charge in [0.1, 0.15) is 12.7 Å². The Morgan fingerprint density at radius 2 is 2.12 bits per heavy atom. The summed E-state index contributed by atoms with van der Waals surface area (Å²) in [6.45, 7) is 6.79. The van der Waals surface area contributed by atoms with Crippen molar-refractivity contribution in [1.82, 2.24) is 0 Å². The Morgan fingerprint density at radius 3 is 2.71 bits per heavy atom. The number of hydrogen-bond donors (Lipinski definition) is 0. The Morgan fingerprint density at radius 1 is 1.41 bits per heavy atom. The van der Waals surface area contributed by atoms with Gasteiger partial charge in [0, 0.05) is 0 Å². The number of carbonyl (C=O) groups is 1. The van der Waals surface area contributed by atoms with Gasteiger partial charge < -0.3 is 9.47 Å². The van der Waals surface area contributed by atoms with Crippen molar-refractivity contribution in [2.45, 2.75) is 46.1 Å². The smallest absolute Gasteiger partial charge is 0.433 e. The molecule has 0 aliphatic heterocycles. The topological polar surface area (TPSA) is 35.5 Å². The van der Waals surface area contributed by atoms with E-state index in [2.05, 4.69) is 20.8 Å². The first-order valence-electron chi connectivity index (χ1n) is 6.44. The number of alkyl halides is 1. The van der Waals surface area contributed by atoms with Gasteiger partial charge in [-0.05, 0) is 30.6 Å². The van der Waals surface area contributed by atoms with E-state index in [4.69, 9.17) is 21.1 Å². The minimum Gasteiger partial charge on any atom is -0.433 e. The highest BCUT2D eigenvalue weighted by molar-refractivity contribution is 6.18. The highest BCUT2D eigenvalue weighted by atomic mass is 35.5. The van der Waals surface area contributed by atoms with Crippen molar-refractivity contribution in [2.75, 3.05) is 12.5 Å². The summed E-state index contributed by atoms with van der Waals surface area (Å²) in [5.74, 6) is 1.92. The van der Waals surface area contributed by atoms with E-state index >= 15 is 0 Å². The summed E-state index contributed by atoms with van der Waals surface area (Å²) >= 11 is 5.46. The van der Waals surface area contributed by atoms with Crippen molar-refractivity contribution < 1.29 is 14.3 Å². The molecule has 1 aliphatic carbocycles. The Hall–Kier alpha value is -0.440. The third-order valence-corrected chi connectivity index (χ3v) is 3.66. The lowest BCUT2D eigenvalue weighted by Gasteiger charge is -2.36. The number of halogens is 1. The van der Waals surface area contributed by atoms with Crippen molar-refractivity contribution in [2.24, 2.45) is 17.8 Å². The van der Waals surface area contributed by atoms with Crippen LogP contribution in [0.4, 0.5) is 4.79 Å². The van der Waals surface area contributed by atoms with Crippen LogP contribution in [-0.2, 0) is 9.47 Å².